The van der Waals surface area contributed by atoms with Crippen LogP contribution in [0.2, 0.25) is 0 Å². The van der Waals surface area contributed by atoms with Gasteiger partial charge in [0.05, 0.1) is 11.3 Å². The van der Waals surface area contributed by atoms with E-state index in [1.165, 1.54) is 12.1 Å². The van der Waals surface area contributed by atoms with Gasteiger partial charge in [-0.2, -0.15) is 0 Å². The number of hydrogen-bond acceptors (Lipinski definition) is 4. The van der Waals surface area contributed by atoms with Crippen molar-refractivity contribution in [2.24, 2.45) is 0 Å². The SMILES string of the molecule is CC(C)c1csc(C=Cc2cccc(C(=O)Nc3ccc(C(=O)O)cc3)c2)n1. The molecule has 1 aromatic heterocycles. The molecule has 6 heteroatoms. The number of nitrogens with one attached hydrogen (secondary N) is 1. The first-order valence-electron chi connectivity index (χ1n) is 8.80. The molecule has 0 saturated heterocycles. The molecular weight excluding hydrogens is 372 g/mol. The summed E-state index contributed by atoms with van der Waals surface area (Å²) in [6.45, 7) is 4.22. The van der Waals surface area contributed by atoms with Crippen molar-refractivity contribution < 1.29 is 14.7 Å². The summed E-state index contributed by atoms with van der Waals surface area (Å²) in [4.78, 5) is 27.9. The van der Waals surface area contributed by atoms with E-state index in [1.807, 2.05) is 24.3 Å². The zero-order valence-corrected chi connectivity index (χ0v) is 16.4. The lowest BCUT2D eigenvalue weighted by Crippen LogP contribution is -2.12. The maximum atomic E-state index is 12.5. The second kappa shape index (κ2) is 8.63. The van der Waals surface area contributed by atoms with Crippen LogP contribution in [0.3, 0.4) is 0 Å². The number of carboxylic acid groups (broad SMARTS) is 1. The predicted molar refractivity (Wildman–Crippen MR) is 113 cm³/mol. The molecule has 0 aliphatic heterocycles. The highest BCUT2D eigenvalue weighted by atomic mass is 32.1. The van der Waals surface area contributed by atoms with E-state index in [1.54, 1.807) is 35.6 Å². The molecule has 0 unspecified atom stereocenters. The van der Waals surface area contributed by atoms with Gasteiger partial charge in [0.2, 0.25) is 0 Å². The molecule has 0 atom stereocenters. The van der Waals surface area contributed by atoms with E-state index >= 15 is 0 Å². The lowest BCUT2D eigenvalue weighted by molar-refractivity contribution is 0.0696. The summed E-state index contributed by atoms with van der Waals surface area (Å²) in [5.41, 5.74) is 3.21. The summed E-state index contributed by atoms with van der Waals surface area (Å²) in [6.07, 6.45) is 3.87. The number of carbonyl (C=O) groups is 2. The molecule has 0 spiro atoms. The van der Waals surface area contributed by atoms with Crippen molar-refractivity contribution in [3.8, 4) is 0 Å². The molecule has 142 valence electrons. The summed E-state index contributed by atoms with van der Waals surface area (Å²) in [7, 11) is 0. The van der Waals surface area contributed by atoms with Gasteiger partial charge in [0.1, 0.15) is 5.01 Å². The minimum atomic E-state index is -1.00. The highest BCUT2D eigenvalue weighted by molar-refractivity contribution is 7.10. The molecule has 1 amide bonds. The smallest absolute Gasteiger partial charge is 0.335 e. The Hall–Kier alpha value is -3.25. The molecule has 2 N–H and O–H groups in total. The van der Waals surface area contributed by atoms with E-state index < -0.39 is 5.97 Å². The number of amides is 1. The van der Waals surface area contributed by atoms with Gasteiger partial charge in [-0.05, 0) is 54.0 Å². The molecule has 3 rings (SSSR count). The molecule has 0 saturated carbocycles. The van der Waals surface area contributed by atoms with Gasteiger partial charge in [0, 0.05) is 16.6 Å². The fourth-order valence-corrected chi connectivity index (χ4v) is 3.36. The van der Waals surface area contributed by atoms with Crippen LogP contribution < -0.4 is 5.32 Å². The predicted octanol–water partition coefficient (Wildman–Crippen LogP) is 5.39. The highest BCUT2D eigenvalue weighted by Gasteiger charge is 2.08. The molecule has 2 aromatic carbocycles. The summed E-state index contributed by atoms with van der Waals surface area (Å²) in [6, 6.07) is 13.3. The van der Waals surface area contributed by atoms with Crippen LogP contribution >= 0.6 is 11.3 Å². The maximum absolute atomic E-state index is 12.5. The van der Waals surface area contributed by atoms with Crippen LogP contribution in [0, 0.1) is 0 Å². The van der Waals surface area contributed by atoms with E-state index in [0.717, 1.165) is 16.3 Å². The molecule has 5 nitrogen and oxygen atoms in total. The Labute approximate surface area is 167 Å². The zero-order chi connectivity index (χ0) is 20.1. The molecule has 0 aliphatic carbocycles. The van der Waals surface area contributed by atoms with Crippen LogP contribution in [-0.2, 0) is 0 Å². The van der Waals surface area contributed by atoms with Gasteiger partial charge in [-0.1, -0.05) is 32.1 Å². The first-order valence-corrected chi connectivity index (χ1v) is 9.68. The number of aromatic carboxylic acids is 1. The van der Waals surface area contributed by atoms with E-state index in [9.17, 15) is 9.59 Å². The second-order valence-corrected chi connectivity index (χ2v) is 7.45. The monoisotopic (exact) mass is 392 g/mol. The lowest BCUT2D eigenvalue weighted by Gasteiger charge is -2.06. The molecule has 1 heterocycles. The van der Waals surface area contributed by atoms with Gasteiger partial charge in [-0.15, -0.1) is 11.3 Å². The standard InChI is InChI=1S/C22H20N2O3S/c1-14(2)19-13-28-20(24-19)11-6-15-4-3-5-17(12-15)21(25)23-18-9-7-16(8-10-18)22(26)27/h3-14H,1-2H3,(H,23,25)(H,26,27). The molecule has 0 aliphatic rings. The van der Waals surface area contributed by atoms with E-state index in [-0.39, 0.29) is 11.5 Å². The molecule has 28 heavy (non-hydrogen) atoms. The van der Waals surface area contributed by atoms with Crippen molar-refractivity contribution >= 4 is 41.1 Å². The van der Waals surface area contributed by atoms with Crippen molar-refractivity contribution in [3.05, 3.63) is 81.3 Å². The number of nitrogens with zero attached hydrogens (tertiary/aromatic N) is 1. The average molecular weight is 392 g/mol. The number of anilines is 1. The van der Waals surface area contributed by atoms with Gasteiger partial charge in [-0.3, -0.25) is 4.79 Å². The largest absolute Gasteiger partial charge is 0.478 e. The Morgan fingerprint density at radius 3 is 2.46 bits per heavy atom. The summed E-state index contributed by atoms with van der Waals surface area (Å²) in [5, 5.41) is 14.7. The van der Waals surface area contributed by atoms with Gasteiger partial charge < -0.3 is 10.4 Å². The van der Waals surface area contributed by atoms with Crippen LogP contribution in [0.4, 0.5) is 5.69 Å². The quantitative estimate of drug-likeness (QED) is 0.590. The average Bonchev–Trinajstić information content (AvgIpc) is 3.16. The van der Waals surface area contributed by atoms with Gasteiger partial charge in [-0.25, -0.2) is 9.78 Å². The maximum Gasteiger partial charge on any atom is 0.335 e. The highest BCUT2D eigenvalue weighted by Crippen LogP contribution is 2.20. The fourth-order valence-electron chi connectivity index (χ4n) is 2.49. The van der Waals surface area contributed by atoms with Crippen molar-refractivity contribution in [1.82, 2.24) is 4.98 Å². The number of benzene rings is 2. The minimum absolute atomic E-state index is 0.174. The third-order valence-corrected chi connectivity index (χ3v) is 4.92. The van der Waals surface area contributed by atoms with Crippen molar-refractivity contribution in [2.45, 2.75) is 19.8 Å². The molecule has 0 bridgehead atoms. The Bertz CT molecular complexity index is 1020. The first-order chi connectivity index (χ1) is 13.4. The summed E-state index contributed by atoms with van der Waals surface area (Å²) >= 11 is 1.59. The van der Waals surface area contributed by atoms with Crippen LogP contribution in [-0.4, -0.2) is 22.0 Å². The summed E-state index contributed by atoms with van der Waals surface area (Å²) in [5.74, 6) is -0.859. The third-order valence-electron chi connectivity index (χ3n) is 4.09. The van der Waals surface area contributed by atoms with Crippen LogP contribution in [0.25, 0.3) is 12.2 Å². The molecular formula is C22H20N2O3S. The van der Waals surface area contributed by atoms with Crippen molar-refractivity contribution in [1.29, 1.82) is 0 Å². The molecule has 3 aromatic rings. The molecule has 0 radical (unpaired) electrons. The van der Waals surface area contributed by atoms with Crippen molar-refractivity contribution in [3.63, 3.8) is 0 Å². The topological polar surface area (TPSA) is 79.3 Å². The van der Waals surface area contributed by atoms with E-state index in [2.05, 4.69) is 29.5 Å². The van der Waals surface area contributed by atoms with Crippen molar-refractivity contribution in [2.75, 3.05) is 5.32 Å². The second-order valence-electron chi connectivity index (χ2n) is 6.56. The first kappa shape index (κ1) is 19.5. The Kier molecular flexibility index (Phi) is 6.01. The minimum Gasteiger partial charge on any atom is -0.478 e. The van der Waals surface area contributed by atoms with Crippen LogP contribution in [0.1, 0.15) is 56.7 Å². The number of thiazole rings is 1. The number of aromatic nitrogens is 1. The van der Waals surface area contributed by atoms with Gasteiger partial charge >= 0.3 is 5.97 Å². The number of carbonyl (C=O) groups excluding carboxylic acids is 1. The normalized spacial score (nSPS) is 11.1. The van der Waals surface area contributed by atoms with Gasteiger partial charge in [0.15, 0.2) is 0 Å². The molecule has 0 fully saturated rings. The number of carboxylic acids is 1. The zero-order valence-electron chi connectivity index (χ0n) is 15.5. The third kappa shape index (κ3) is 4.92. The Morgan fingerprint density at radius 2 is 1.82 bits per heavy atom. The van der Waals surface area contributed by atoms with Crippen LogP contribution in [0.15, 0.2) is 53.9 Å². The lowest BCUT2D eigenvalue weighted by atomic mass is 10.1. The van der Waals surface area contributed by atoms with Crippen LogP contribution in [0.5, 0.6) is 0 Å². The Morgan fingerprint density at radius 1 is 1.07 bits per heavy atom. The van der Waals surface area contributed by atoms with E-state index in [4.69, 9.17) is 5.11 Å². The number of hydrogen-bond donors (Lipinski definition) is 2. The Balaban J connectivity index is 1.70. The fraction of sp³-hybridized carbons (Fsp3) is 0.136. The van der Waals surface area contributed by atoms with Gasteiger partial charge in [0.25, 0.3) is 5.91 Å². The number of rotatable bonds is 6. The van der Waals surface area contributed by atoms with E-state index in [0.29, 0.717) is 17.2 Å². The summed E-state index contributed by atoms with van der Waals surface area (Å²) < 4.78 is 0.